The topological polar surface area (TPSA) is 33.0 Å². The maximum Gasteiger partial charge on any atom is 0.416 e. The number of ether oxygens (including phenoxy) is 1. The van der Waals surface area contributed by atoms with Crippen molar-refractivity contribution in [1.29, 1.82) is 5.26 Å². The number of alkyl halides is 3. The molecular formula is C15H10F3NO. The summed E-state index contributed by atoms with van der Waals surface area (Å²) < 4.78 is 42.6. The summed E-state index contributed by atoms with van der Waals surface area (Å²) in [7, 11) is 0. The van der Waals surface area contributed by atoms with Crippen LogP contribution in [0.5, 0.6) is 5.75 Å². The van der Waals surface area contributed by atoms with E-state index < -0.39 is 11.7 Å². The van der Waals surface area contributed by atoms with Crippen molar-refractivity contribution in [3.63, 3.8) is 0 Å². The number of benzene rings is 2. The van der Waals surface area contributed by atoms with E-state index in [0.717, 1.165) is 12.1 Å². The predicted octanol–water partition coefficient (Wildman–Crippen LogP) is 4.16. The minimum absolute atomic E-state index is 0.171. The Labute approximate surface area is 114 Å². The Bertz CT molecular complexity index is 610. The van der Waals surface area contributed by atoms with Crippen LogP contribution in [0.15, 0.2) is 48.5 Å². The van der Waals surface area contributed by atoms with E-state index in [1.165, 1.54) is 12.1 Å². The first-order chi connectivity index (χ1) is 9.49. The SMILES string of the molecule is N#Cc1ccc(OCc2ccc(C(F)(F)F)cc2)cc1. The number of rotatable bonds is 3. The molecule has 2 nitrogen and oxygen atoms in total. The van der Waals surface area contributed by atoms with Gasteiger partial charge in [0.05, 0.1) is 17.2 Å². The number of hydrogen-bond acceptors (Lipinski definition) is 2. The number of nitriles is 1. The zero-order chi connectivity index (χ0) is 14.6. The average Bonchev–Trinajstić information content (AvgIpc) is 2.45. The fourth-order valence-electron chi connectivity index (χ4n) is 1.58. The Morgan fingerprint density at radius 3 is 2.05 bits per heavy atom. The van der Waals surface area contributed by atoms with Crippen LogP contribution >= 0.6 is 0 Å². The molecule has 2 aromatic carbocycles. The molecule has 2 rings (SSSR count). The normalized spacial score (nSPS) is 10.9. The van der Waals surface area contributed by atoms with Crippen molar-refractivity contribution >= 4 is 0 Å². The zero-order valence-corrected chi connectivity index (χ0v) is 10.3. The van der Waals surface area contributed by atoms with Crippen molar-refractivity contribution < 1.29 is 17.9 Å². The van der Waals surface area contributed by atoms with Gasteiger partial charge in [-0.3, -0.25) is 0 Å². The van der Waals surface area contributed by atoms with Crippen LogP contribution in [0.4, 0.5) is 13.2 Å². The maximum absolute atomic E-state index is 12.4. The summed E-state index contributed by atoms with van der Waals surface area (Å²) in [6.07, 6.45) is -4.33. The van der Waals surface area contributed by atoms with Gasteiger partial charge in [0.2, 0.25) is 0 Å². The highest BCUT2D eigenvalue weighted by molar-refractivity contribution is 5.34. The molecule has 0 radical (unpaired) electrons. The van der Waals surface area contributed by atoms with E-state index in [-0.39, 0.29) is 6.61 Å². The Balaban J connectivity index is 1.98. The van der Waals surface area contributed by atoms with Crippen LogP contribution in [0.25, 0.3) is 0 Å². The third kappa shape index (κ3) is 3.51. The van der Waals surface area contributed by atoms with Crippen LogP contribution in [0.3, 0.4) is 0 Å². The van der Waals surface area contributed by atoms with E-state index in [4.69, 9.17) is 10.00 Å². The van der Waals surface area contributed by atoms with Gasteiger partial charge >= 0.3 is 6.18 Å². The first-order valence-corrected chi connectivity index (χ1v) is 5.78. The Morgan fingerprint density at radius 1 is 0.950 bits per heavy atom. The Kier molecular flexibility index (Phi) is 3.94. The molecule has 0 unspecified atom stereocenters. The molecule has 102 valence electrons. The first kappa shape index (κ1) is 13.9. The van der Waals surface area contributed by atoms with Gasteiger partial charge < -0.3 is 4.74 Å². The highest BCUT2D eigenvalue weighted by Gasteiger charge is 2.29. The highest BCUT2D eigenvalue weighted by atomic mass is 19.4. The van der Waals surface area contributed by atoms with E-state index in [0.29, 0.717) is 16.9 Å². The summed E-state index contributed by atoms with van der Waals surface area (Å²) in [6, 6.07) is 13.3. The quantitative estimate of drug-likeness (QED) is 0.844. The van der Waals surface area contributed by atoms with Crippen LogP contribution in [0.1, 0.15) is 16.7 Å². The van der Waals surface area contributed by atoms with Crippen LogP contribution in [-0.4, -0.2) is 0 Å². The van der Waals surface area contributed by atoms with Crippen molar-refractivity contribution in [3.05, 3.63) is 65.2 Å². The summed E-state index contributed by atoms with van der Waals surface area (Å²) in [5, 5.41) is 8.65. The molecule has 0 aromatic heterocycles. The zero-order valence-electron chi connectivity index (χ0n) is 10.3. The molecule has 0 aliphatic rings. The van der Waals surface area contributed by atoms with Gasteiger partial charge in [-0.2, -0.15) is 18.4 Å². The lowest BCUT2D eigenvalue weighted by atomic mass is 10.1. The van der Waals surface area contributed by atoms with Gasteiger partial charge in [0.1, 0.15) is 12.4 Å². The van der Waals surface area contributed by atoms with E-state index in [9.17, 15) is 13.2 Å². The Morgan fingerprint density at radius 2 is 1.55 bits per heavy atom. The molecule has 5 heteroatoms. The number of nitrogens with zero attached hydrogens (tertiary/aromatic N) is 1. The van der Waals surface area contributed by atoms with Gasteiger partial charge in [-0.05, 0) is 42.0 Å². The predicted molar refractivity (Wildman–Crippen MR) is 66.9 cm³/mol. The fraction of sp³-hybridized carbons (Fsp3) is 0.133. The summed E-state index contributed by atoms with van der Waals surface area (Å²) in [6.45, 7) is 0.171. The van der Waals surface area contributed by atoms with Gasteiger partial charge in [-0.15, -0.1) is 0 Å². The molecule has 0 aliphatic heterocycles. The molecular weight excluding hydrogens is 267 g/mol. The lowest BCUT2D eigenvalue weighted by molar-refractivity contribution is -0.137. The van der Waals surface area contributed by atoms with E-state index in [2.05, 4.69) is 0 Å². The lowest BCUT2D eigenvalue weighted by Gasteiger charge is -2.09. The standard InChI is InChI=1S/C15H10F3NO/c16-15(17,18)13-5-1-12(2-6-13)10-20-14-7-3-11(9-19)4-8-14/h1-8H,10H2. The van der Waals surface area contributed by atoms with Gasteiger partial charge in [0.15, 0.2) is 0 Å². The lowest BCUT2D eigenvalue weighted by Crippen LogP contribution is -2.05. The first-order valence-electron chi connectivity index (χ1n) is 5.78. The summed E-state index contributed by atoms with van der Waals surface area (Å²) >= 11 is 0. The van der Waals surface area contributed by atoms with Crippen LogP contribution in [0, 0.1) is 11.3 Å². The second-order valence-electron chi connectivity index (χ2n) is 4.12. The molecule has 0 fully saturated rings. The molecule has 0 N–H and O–H groups in total. The summed E-state index contributed by atoms with van der Waals surface area (Å²) in [5.74, 6) is 0.559. The second-order valence-corrected chi connectivity index (χ2v) is 4.12. The molecule has 0 saturated heterocycles. The van der Waals surface area contributed by atoms with E-state index in [1.807, 2.05) is 6.07 Å². The monoisotopic (exact) mass is 277 g/mol. The van der Waals surface area contributed by atoms with Gasteiger partial charge in [0, 0.05) is 0 Å². The van der Waals surface area contributed by atoms with E-state index >= 15 is 0 Å². The maximum atomic E-state index is 12.4. The van der Waals surface area contributed by atoms with Crippen LogP contribution < -0.4 is 4.74 Å². The molecule has 0 heterocycles. The number of hydrogen-bond donors (Lipinski definition) is 0. The smallest absolute Gasteiger partial charge is 0.416 e. The van der Waals surface area contributed by atoms with Crippen LogP contribution in [-0.2, 0) is 12.8 Å². The molecule has 0 saturated carbocycles. The largest absolute Gasteiger partial charge is 0.489 e. The second kappa shape index (κ2) is 5.66. The van der Waals surface area contributed by atoms with Gasteiger partial charge in [-0.1, -0.05) is 12.1 Å². The van der Waals surface area contributed by atoms with Crippen molar-refractivity contribution in [3.8, 4) is 11.8 Å². The molecule has 0 amide bonds. The summed E-state index contributed by atoms with van der Waals surface area (Å²) in [4.78, 5) is 0. The van der Waals surface area contributed by atoms with Crippen molar-refractivity contribution in [2.75, 3.05) is 0 Å². The van der Waals surface area contributed by atoms with E-state index in [1.54, 1.807) is 24.3 Å². The van der Waals surface area contributed by atoms with Gasteiger partial charge in [-0.25, -0.2) is 0 Å². The van der Waals surface area contributed by atoms with Crippen molar-refractivity contribution in [2.45, 2.75) is 12.8 Å². The molecule has 0 aliphatic carbocycles. The van der Waals surface area contributed by atoms with Crippen LogP contribution in [0.2, 0.25) is 0 Å². The highest BCUT2D eigenvalue weighted by Crippen LogP contribution is 2.29. The van der Waals surface area contributed by atoms with Gasteiger partial charge in [0.25, 0.3) is 0 Å². The minimum atomic E-state index is -4.33. The average molecular weight is 277 g/mol. The Hall–Kier alpha value is -2.48. The molecule has 0 atom stereocenters. The minimum Gasteiger partial charge on any atom is -0.489 e. The third-order valence-corrected chi connectivity index (χ3v) is 2.67. The number of halogens is 3. The fourth-order valence-corrected chi connectivity index (χ4v) is 1.58. The third-order valence-electron chi connectivity index (χ3n) is 2.67. The molecule has 0 spiro atoms. The molecule has 0 bridgehead atoms. The summed E-state index contributed by atoms with van der Waals surface area (Å²) in [5.41, 5.74) is 0.480. The van der Waals surface area contributed by atoms with Crippen molar-refractivity contribution in [2.24, 2.45) is 0 Å². The molecule has 20 heavy (non-hydrogen) atoms. The molecule has 2 aromatic rings. The van der Waals surface area contributed by atoms with Crippen molar-refractivity contribution in [1.82, 2.24) is 0 Å².